The van der Waals surface area contributed by atoms with Gasteiger partial charge >= 0.3 is 11.9 Å². The molecule has 4 aliphatic carbocycles. The number of ether oxygens (including phenoxy) is 2. The van der Waals surface area contributed by atoms with Crippen LogP contribution >= 0.6 is 0 Å². The summed E-state index contributed by atoms with van der Waals surface area (Å²) in [7, 11) is 0. The quantitative estimate of drug-likeness (QED) is 0.182. The molecule has 2 aromatic carbocycles. The van der Waals surface area contributed by atoms with Crippen molar-refractivity contribution in [3.8, 4) is 0 Å². The molecule has 0 radical (unpaired) electrons. The molecule has 0 heterocycles. The van der Waals surface area contributed by atoms with Crippen molar-refractivity contribution in [2.24, 2.45) is 16.7 Å². The molecule has 9 nitrogen and oxygen atoms in total. The lowest BCUT2D eigenvalue weighted by Crippen LogP contribution is -2.80. The second-order valence-corrected chi connectivity index (χ2v) is 14.3. The van der Waals surface area contributed by atoms with Crippen molar-refractivity contribution in [1.29, 1.82) is 0 Å². The normalized spacial score (nSPS) is 42.0. The first kappa shape index (κ1) is 32.6. The van der Waals surface area contributed by atoms with Crippen molar-refractivity contribution < 1.29 is 44.6 Å². The Hall–Kier alpha value is -3.34. The Labute approximate surface area is 269 Å². The maximum absolute atomic E-state index is 13.5. The van der Waals surface area contributed by atoms with Gasteiger partial charge in [-0.3, -0.25) is 0 Å². The van der Waals surface area contributed by atoms with Gasteiger partial charge in [-0.25, -0.2) is 9.59 Å². The molecule has 4 aliphatic rings. The van der Waals surface area contributed by atoms with Crippen LogP contribution in [0, 0.1) is 16.7 Å². The number of hydrogen-bond donors (Lipinski definition) is 5. The van der Waals surface area contributed by atoms with E-state index in [0.29, 0.717) is 12.8 Å². The van der Waals surface area contributed by atoms with Crippen LogP contribution in [0.15, 0.2) is 78.9 Å². The third-order valence-corrected chi connectivity index (χ3v) is 12.3. The molecule has 46 heavy (non-hydrogen) atoms. The second kappa shape index (κ2) is 11.1. The molecule has 9 heteroatoms. The van der Waals surface area contributed by atoms with Crippen LogP contribution in [0.2, 0.25) is 0 Å². The minimum atomic E-state index is -2.07. The summed E-state index contributed by atoms with van der Waals surface area (Å²) >= 11 is 0. The summed E-state index contributed by atoms with van der Waals surface area (Å²) in [5, 5.41) is 60.5. The highest BCUT2D eigenvalue weighted by atomic mass is 16.6. The zero-order valence-corrected chi connectivity index (χ0v) is 26.5. The molecular weight excluding hydrogens is 588 g/mol. The summed E-state index contributed by atoms with van der Waals surface area (Å²) in [6, 6.07) is 17.5. The van der Waals surface area contributed by atoms with E-state index < -0.39 is 69.4 Å². The number of aliphatic hydroxyl groups is 5. The molecule has 0 spiro atoms. The Bertz CT molecular complexity index is 1540. The van der Waals surface area contributed by atoms with Gasteiger partial charge in [0.2, 0.25) is 0 Å². The third-order valence-electron chi connectivity index (χ3n) is 12.3. The zero-order chi connectivity index (χ0) is 33.2. The summed E-state index contributed by atoms with van der Waals surface area (Å²) in [5.41, 5.74) is -9.14. The lowest BCUT2D eigenvalue weighted by atomic mass is 9.41. The fourth-order valence-electron chi connectivity index (χ4n) is 9.30. The Morgan fingerprint density at radius 1 is 0.913 bits per heavy atom. The number of carbonyl (C=O) groups is 2. The minimum Gasteiger partial charge on any atom is -0.458 e. The Morgan fingerprint density at radius 2 is 1.57 bits per heavy atom. The van der Waals surface area contributed by atoms with Crippen molar-refractivity contribution in [3.05, 3.63) is 90.0 Å². The highest BCUT2D eigenvalue weighted by Gasteiger charge is 2.82. The molecule has 0 aliphatic heterocycles. The molecule has 0 bridgehead atoms. The molecular formula is C37H44O9. The van der Waals surface area contributed by atoms with E-state index in [1.807, 2.05) is 37.3 Å². The van der Waals surface area contributed by atoms with Crippen LogP contribution in [-0.4, -0.2) is 78.2 Å². The van der Waals surface area contributed by atoms with E-state index in [0.717, 1.165) is 5.56 Å². The van der Waals surface area contributed by atoms with Crippen LogP contribution in [0.5, 0.6) is 0 Å². The van der Waals surface area contributed by atoms with Crippen molar-refractivity contribution >= 4 is 18.0 Å². The number of hydrogen-bond acceptors (Lipinski definition) is 9. The first-order chi connectivity index (χ1) is 21.6. The van der Waals surface area contributed by atoms with Crippen LogP contribution in [0.3, 0.4) is 0 Å². The summed E-state index contributed by atoms with van der Waals surface area (Å²) in [5.74, 6) is -2.19. The standard InChI is InChI=1S/C37H44O9/c1-24(45-31(40)26-12-8-5-9-13-26)35(42)20-21-37(44)33(35,3)29(46-30(39)15-14-25-10-6-4-7-11-25)22-28-32(2)17-16-27(38)23-34(32,41)18-19-36(28,37)43/h4-15,18-19,24,27-29,38,41-44H,16-17,20-23H2,1-3H3/t24-,27-,28+,29+,32+,33+,34+,35+,36-,37+/m0/s1. The third kappa shape index (κ3) is 4.54. The molecule has 0 unspecified atom stereocenters. The minimum absolute atomic E-state index is 0.0128. The van der Waals surface area contributed by atoms with Gasteiger partial charge in [-0.15, -0.1) is 0 Å². The van der Waals surface area contributed by atoms with Gasteiger partial charge in [-0.05, 0) is 62.8 Å². The maximum Gasteiger partial charge on any atom is 0.338 e. The molecule has 5 N–H and O–H groups in total. The molecule has 3 saturated carbocycles. The second-order valence-electron chi connectivity index (χ2n) is 14.3. The van der Waals surface area contributed by atoms with Crippen molar-refractivity contribution in [3.63, 3.8) is 0 Å². The monoisotopic (exact) mass is 632 g/mol. The number of benzene rings is 2. The van der Waals surface area contributed by atoms with E-state index in [9.17, 15) is 35.1 Å². The first-order valence-corrected chi connectivity index (χ1v) is 16.1. The molecule has 0 amide bonds. The molecule has 3 fully saturated rings. The van der Waals surface area contributed by atoms with Gasteiger partial charge in [0, 0.05) is 23.8 Å². The Balaban J connectivity index is 1.42. The lowest BCUT2D eigenvalue weighted by Gasteiger charge is -2.68. The molecule has 0 aromatic heterocycles. The van der Waals surface area contributed by atoms with E-state index >= 15 is 0 Å². The fourth-order valence-corrected chi connectivity index (χ4v) is 9.30. The Kier molecular flexibility index (Phi) is 7.89. The number of aliphatic hydroxyl groups excluding tert-OH is 1. The van der Waals surface area contributed by atoms with Gasteiger partial charge in [-0.1, -0.05) is 74.5 Å². The van der Waals surface area contributed by atoms with Gasteiger partial charge in [0.25, 0.3) is 0 Å². The van der Waals surface area contributed by atoms with Crippen LogP contribution in [0.4, 0.5) is 0 Å². The highest BCUT2D eigenvalue weighted by Crippen LogP contribution is 2.71. The van der Waals surface area contributed by atoms with E-state index in [1.165, 1.54) is 18.2 Å². The number of carbonyl (C=O) groups excluding carboxylic acids is 2. The average molecular weight is 633 g/mol. The molecule has 2 aromatic rings. The van der Waals surface area contributed by atoms with E-state index in [1.54, 1.807) is 50.3 Å². The predicted octanol–water partition coefficient (Wildman–Crippen LogP) is 3.72. The Morgan fingerprint density at radius 3 is 2.24 bits per heavy atom. The fraction of sp³-hybridized carbons (Fsp3) is 0.514. The van der Waals surface area contributed by atoms with Gasteiger partial charge < -0.3 is 35.0 Å². The summed E-state index contributed by atoms with van der Waals surface area (Å²) in [4.78, 5) is 26.6. The molecule has 6 rings (SSSR count). The van der Waals surface area contributed by atoms with E-state index in [4.69, 9.17) is 9.47 Å². The van der Waals surface area contributed by atoms with E-state index in [2.05, 4.69) is 0 Å². The SMILES string of the molecule is C[C@H](OC(=O)c1ccccc1)[C@]1(O)CC[C@@]2(O)[C@]1(C)[C@H](OC(=O)C=Cc1ccccc1)C[C@H]1[C@@]2(O)C=C[C@@]2(O)C[C@@H](O)CC[C@]12C. The van der Waals surface area contributed by atoms with Crippen LogP contribution < -0.4 is 0 Å². The average Bonchev–Trinajstić information content (AvgIpc) is 3.27. The summed E-state index contributed by atoms with van der Waals surface area (Å²) in [6.07, 6.45) is 3.30. The highest BCUT2D eigenvalue weighted by molar-refractivity contribution is 5.89. The van der Waals surface area contributed by atoms with Gasteiger partial charge in [0.05, 0.1) is 22.7 Å². The molecule has 246 valence electrons. The van der Waals surface area contributed by atoms with Crippen molar-refractivity contribution in [2.45, 2.75) is 100 Å². The summed E-state index contributed by atoms with van der Waals surface area (Å²) in [6.45, 7) is 4.96. The summed E-state index contributed by atoms with van der Waals surface area (Å²) < 4.78 is 12.0. The van der Waals surface area contributed by atoms with Crippen molar-refractivity contribution in [1.82, 2.24) is 0 Å². The number of esters is 2. The largest absolute Gasteiger partial charge is 0.458 e. The van der Waals surface area contributed by atoms with Gasteiger partial charge in [0.15, 0.2) is 0 Å². The van der Waals surface area contributed by atoms with E-state index in [-0.39, 0.29) is 31.2 Å². The zero-order valence-electron chi connectivity index (χ0n) is 26.5. The van der Waals surface area contributed by atoms with Crippen LogP contribution in [0.25, 0.3) is 6.08 Å². The number of fused-ring (bicyclic) bond motifs is 5. The number of rotatable bonds is 6. The lowest BCUT2D eigenvalue weighted by molar-refractivity contribution is -0.326. The predicted molar refractivity (Wildman–Crippen MR) is 169 cm³/mol. The molecule has 0 saturated heterocycles. The molecule has 10 atom stereocenters. The van der Waals surface area contributed by atoms with Gasteiger partial charge in [0.1, 0.15) is 29.0 Å². The van der Waals surface area contributed by atoms with Crippen molar-refractivity contribution in [2.75, 3.05) is 0 Å². The topological polar surface area (TPSA) is 154 Å². The first-order valence-electron chi connectivity index (χ1n) is 16.1. The van der Waals surface area contributed by atoms with Crippen LogP contribution in [-0.2, 0) is 14.3 Å². The van der Waals surface area contributed by atoms with Crippen LogP contribution in [0.1, 0.15) is 75.2 Å². The smallest absolute Gasteiger partial charge is 0.338 e. The van der Waals surface area contributed by atoms with Gasteiger partial charge in [-0.2, -0.15) is 0 Å². The maximum atomic E-state index is 13.5.